The number of halogens is 1. The van der Waals surface area contributed by atoms with E-state index in [1.54, 1.807) is 0 Å². The van der Waals surface area contributed by atoms with E-state index >= 15 is 0 Å². The third kappa shape index (κ3) is 5.98. The molecular weight excluding hydrogens is 334 g/mol. The van der Waals surface area contributed by atoms with Gasteiger partial charge in [0.1, 0.15) is 0 Å². The summed E-state index contributed by atoms with van der Waals surface area (Å²) in [6.45, 7) is 5.90. The molecular formula is C20H32ClN3O. The lowest BCUT2D eigenvalue weighted by Crippen LogP contribution is -2.47. The molecule has 1 amide bonds. The molecule has 1 aromatic carbocycles. The zero-order chi connectivity index (χ0) is 16.9. The van der Waals surface area contributed by atoms with Crippen LogP contribution in [0.4, 0.5) is 0 Å². The SMILES string of the molecule is CC(c1ccccc1)N(C)C(=O)CN1CCC(NCC2CC2)CC1.Cl. The summed E-state index contributed by atoms with van der Waals surface area (Å²) in [6, 6.07) is 11.0. The Morgan fingerprint density at radius 3 is 2.44 bits per heavy atom. The molecule has 0 aromatic heterocycles. The second kappa shape index (κ2) is 9.56. The normalized spacial score (nSPS) is 19.9. The van der Waals surface area contributed by atoms with Gasteiger partial charge in [0, 0.05) is 26.2 Å². The van der Waals surface area contributed by atoms with Gasteiger partial charge in [0.15, 0.2) is 0 Å². The number of amides is 1. The van der Waals surface area contributed by atoms with Crippen molar-refractivity contribution in [3.8, 4) is 0 Å². The Labute approximate surface area is 158 Å². The fraction of sp³-hybridized carbons (Fsp3) is 0.650. The molecule has 25 heavy (non-hydrogen) atoms. The number of carbonyl (C=O) groups is 1. The van der Waals surface area contributed by atoms with Gasteiger partial charge in [-0.3, -0.25) is 9.69 Å². The van der Waals surface area contributed by atoms with Crippen molar-refractivity contribution in [2.24, 2.45) is 5.92 Å². The monoisotopic (exact) mass is 365 g/mol. The number of hydrogen-bond acceptors (Lipinski definition) is 3. The molecule has 4 nitrogen and oxygen atoms in total. The summed E-state index contributed by atoms with van der Waals surface area (Å²) in [4.78, 5) is 16.8. The van der Waals surface area contributed by atoms with Crippen molar-refractivity contribution in [1.82, 2.24) is 15.1 Å². The standard InChI is InChI=1S/C20H31N3O.ClH/c1-16(18-6-4-3-5-7-18)22(2)20(24)15-23-12-10-19(11-13-23)21-14-17-8-9-17;/h3-7,16-17,19,21H,8-15H2,1-2H3;1H. The number of rotatable bonds is 7. The maximum atomic E-state index is 12.6. The Hall–Kier alpha value is -1.10. The van der Waals surface area contributed by atoms with Gasteiger partial charge in [-0.25, -0.2) is 0 Å². The summed E-state index contributed by atoms with van der Waals surface area (Å²) in [5, 5.41) is 3.70. The molecule has 1 saturated heterocycles. The molecule has 2 fully saturated rings. The van der Waals surface area contributed by atoms with Crippen LogP contribution in [0.1, 0.15) is 44.2 Å². The lowest BCUT2D eigenvalue weighted by Gasteiger charge is -2.34. The summed E-state index contributed by atoms with van der Waals surface area (Å²) in [6.07, 6.45) is 5.15. The number of likely N-dealkylation sites (tertiary alicyclic amines) is 1. The van der Waals surface area contributed by atoms with Gasteiger partial charge in [-0.1, -0.05) is 30.3 Å². The van der Waals surface area contributed by atoms with Crippen LogP contribution in [0.25, 0.3) is 0 Å². The first-order valence-corrected chi connectivity index (χ1v) is 9.40. The number of nitrogens with one attached hydrogen (secondary N) is 1. The van der Waals surface area contributed by atoms with Gasteiger partial charge in [0.05, 0.1) is 12.6 Å². The molecule has 0 radical (unpaired) electrons. The van der Waals surface area contributed by atoms with Crippen LogP contribution >= 0.6 is 12.4 Å². The van der Waals surface area contributed by atoms with Gasteiger partial charge in [0.25, 0.3) is 0 Å². The van der Waals surface area contributed by atoms with E-state index in [0.717, 1.165) is 31.8 Å². The first kappa shape index (κ1) is 20.2. The Balaban J connectivity index is 0.00000225. The lowest BCUT2D eigenvalue weighted by molar-refractivity contribution is -0.133. The van der Waals surface area contributed by atoms with Crippen LogP contribution in [0.3, 0.4) is 0 Å². The van der Waals surface area contributed by atoms with Gasteiger partial charge in [0.2, 0.25) is 5.91 Å². The van der Waals surface area contributed by atoms with Crippen LogP contribution in [0.2, 0.25) is 0 Å². The smallest absolute Gasteiger partial charge is 0.236 e. The van der Waals surface area contributed by atoms with Gasteiger partial charge < -0.3 is 10.2 Å². The minimum atomic E-state index is 0. The van der Waals surface area contributed by atoms with Crippen LogP contribution in [0, 0.1) is 5.92 Å². The molecule has 1 unspecified atom stereocenters. The molecule has 3 rings (SSSR count). The van der Waals surface area contributed by atoms with Crippen molar-refractivity contribution >= 4 is 18.3 Å². The highest BCUT2D eigenvalue weighted by Gasteiger charge is 2.26. The summed E-state index contributed by atoms with van der Waals surface area (Å²) >= 11 is 0. The van der Waals surface area contributed by atoms with E-state index in [4.69, 9.17) is 0 Å². The van der Waals surface area contributed by atoms with E-state index in [1.165, 1.54) is 24.9 Å². The van der Waals surface area contributed by atoms with Crippen molar-refractivity contribution < 1.29 is 4.79 Å². The Morgan fingerprint density at radius 2 is 1.84 bits per heavy atom. The highest BCUT2D eigenvalue weighted by Crippen LogP contribution is 2.28. The predicted molar refractivity (Wildman–Crippen MR) is 105 cm³/mol. The fourth-order valence-corrected chi connectivity index (χ4v) is 3.42. The molecule has 5 heteroatoms. The Bertz CT molecular complexity index is 527. The summed E-state index contributed by atoms with van der Waals surface area (Å²) < 4.78 is 0. The second-order valence-corrected chi connectivity index (χ2v) is 7.49. The number of carbonyl (C=O) groups excluding carboxylic acids is 1. The molecule has 1 atom stereocenters. The number of benzene rings is 1. The number of likely N-dealkylation sites (N-methyl/N-ethyl adjacent to an activating group) is 1. The van der Waals surface area contributed by atoms with Gasteiger partial charge in [-0.15, -0.1) is 12.4 Å². The number of hydrogen-bond donors (Lipinski definition) is 1. The predicted octanol–water partition coefficient (Wildman–Crippen LogP) is 3.09. The Morgan fingerprint density at radius 1 is 1.20 bits per heavy atom. The Kier molecular flexibility index (Phi) is 7.73. The van der Waals surface area contributed by atoms with Crippen molar-refractivity contribution in [3.05, 3.63) is 35.9 Å². The molecule has 2 aliphatic rings. The average molecular weight is 366 g/mol. The van der Waals surface area contributed by atoms with E-state index in [-0.39, 0.29) is 24.4 Å². The molecule has 0 spiro atoms. The minimum absolute atomic E-state index is 0. The topological polar surface area (TPSA) is 35.6 Å². The summed E-state index contributed by atoms with van der Waals surface area (Å²) in [5.74, 6) is 1.16. The molecule has 1 aliphatic carbocycles. The van der Waals surface area contributed by atoms with Crippen molar-refractivity contribution in [3.63, 3.8) is 0 Å². The van der Waals surface area contributed by atoms with Crippen LogP contribution in [0.15, 0.2) is 30.3 Å². The fourth-order valence-electron chi connectivity index (χ4n) is 3.42. The van der Waals surface area contributed by atoms with Gasteiger partial charge in [-0.2, -0.15) is 0 Å². The number of piperidine rings is 1. The minimum Gasteiger partial charge on any atom is -0.338 e. The molecule has 140 valence electrons. The van der Waals surface area contributed by atoms with Gasteiger partial charge in [-0.05, 0) is 50.6 Å². The maximum absolute atomic E-state index is 12.6. The van der Waals surface area contributed by atoms with Crippen molar-refractivity contribution in [2.75, 3.05) is 33.2 Å². The van der Waals surface area contributed by atoms with E-state index < -0.39 is 0 Å². The maximum Gasteiger partial charge on any atom is 0.236 e. The van der Waals surface area contributed by atoms with E-state index in [0.29, 0.717) is 12.6 Å². The van der Waals surface area contributed by atoms with Crippen LogP contribution in [0.5, 0.6) is 0 Å². The van der Waals surface area contributed by atoms with Crippen LogP contribution in [-0.4, -0.2) is 55.0 Å². The molecule has 0 bridgehead atoms. The zero-order valence-corrected chi connectivity index (χ0v) is 16.3. The molecule has 1 saturated carbocycles. The molecule has 1 aromatic rings. The van der Waals surface area contributed by atoms with Crippen LogP contribution < -0.4 is 5.32 Å². The summed E-state index contributed by atoms with van der Waals surface area (Å²) in [7, 11) is 1.92. The van der Waals surface area contributed by atoms with Gasteiger partial charge >= 0.3 is 0 Å². The van der Waals surface area contributed by atoms with E-state index in [1.807, 2.05) is 30.1 Å². The molecule has 1 N–H and O–H groups in total. The highest BCUT2D eigenvalue weighted by molar-refractivity contribution is 5.85. The summed E-state index contributed by atoms with van der Waals surface area (Å²) in [5.41, 5.74) is 1.19. The van der Waals surface area contributed by atoms with Crippen LogP contribution in [-0.2, 0) is 4.79 Å². The third-order valence-electron chi connectivity index (χ3n) is 5.59. The second-order valence-electron chi connectivity index (χ2n) is 7.49. The first-order chi connectivity index (χ1) is 11.6. The first-order valence-electron chi connectivity index (χ1n) is 9.40. The number of nitrogens with zero attached hydrogens (tertiary/aromatic N) is 2. The molecule has 1 heterocycles. The lowest BCUT2D eigenvalue weighted by atomic mass is 10.0. The zero-order valence-electron chi connectivity index (χ0n) is 15.5. The third-order valence-corrected chi connectivity index (χ3v) is 5.59. The van der Waals surface area contributed by atoms with E-state index in [9.17, 15) is 4.79 Å². The quantitative estimate of drug-likeness (QED) is 0.806. The largest absolute Gasteiger partial charge is 0.338 e. The average Bonchev–Trinajstić information content (AvgIpc) is 3.45. The van der Waals surface area contributed by atoms with Crippen molar-refractivity contribution in [1.29, 1.82) is 0 Å². The van der Waals surface area contributed by atoms with Crippen molar-refractivity contribution in [2.45, 2.75) is 44.7 Å². The van der Waals surface area contributed by atoms with E-state index in [2.05, 4.69) is 29.3 Å². The highest BCUT2D eigenvalue weighted by atomic mass is 35.5. The molecule has 1 aliphatic heterocycles.